The third-order valence-electron chi connectivity index (χ3n) is 3.63. The molecule has 0 N–H and O–H groups in total. The molecule has 6 heteroatoms. The highest BCUT2D eigenvalue weighted by Gasteiger charge is 2.28. The minimum atomic E-state index is -0.762. The van der Waals surface area contributed by atoms with E-state index in [1.807, 2.05) is 6.07 Å². The molecule has 3 rings (SSSR count). The largest absolute Gasteiger partial charge is 0.479 e. The number of hydrogen-bond donors (Lipinski definition) is 0. The quantitative estimate of drug-likeness (QED) is 0.612. The Bertz CT molecular complexity index is 872. The van der Waals surface area contributed by atoms with Gasteiger partial charge in [0.05, 0.1) is 12.7 Å². The van der Waals surface area contributed by atoms with E-state index in [4.69, 9.17) is 21.1 Å². The minimum absolute atomic E-state index is 0.204. The summed E-state index contributed by atoms with van der Waals surface area (Å²) >= 11 is 5.95. The molecule has 0 saturated heterocycles. The molecule has 1 aliphatic rings. The Balaban J connectivity index is 1.83. The predicted molar refractivity (Wildman–Crippen MR) is 92.9 cm³/mol. The third-order valence-corrected chi connectivity index (χ3v) is 3.87. The Labute approximate surface area is 149 Å². The van der Waals surface area contributed by atoms with Gasteiger partial charge in [-0.25, -0.2) is 4.79 Å². The average Bonchev–Trinajstić information content (AvgIpc) is 2.89. The molecule has 0 aliphatic carbocycles. The fraction of sp³-hybridized carbons (Fsp3) is 0.158. The van der Waals surface area contributed by atoms with E-state index in [1.165, 1.54) is 7.11 Å². The van der Waals surface area contributed by atoms with Crippen LogP contribution in [0, 0.1) is 0 Å². The molecule has 0 bridgehead atoms. The summed E-state index contributed by atoms with van der Waals surface area (Å²) < 4.78 is 15.8. The summed E-state index contributed by atoms with van der Waals surface area (Å²) in [5.41, 5.74) is 1.20. The van der Waals surface area contributed by atoms with Crippen LogP contribution in [0.2, 0.25) is 5.02 Å². The van der Waals surface area contributed by atoms with E-state index >= 15 is 0 Å². The highest BCUT2D eigenvalue weighted by atomic mass is 35.5. The Morgan fingerprint density at radius 2 is 2.04 bits per heavy atom. The SMILES string of the molecule is COC(=O)C(C)Oc1ccc2c(c1)OC(=Cc1cccc(Cl)c1)C2=O. The summed E-state index contributed by atoms with van der Waals surface area (Å²) in [6.45, 7) is 1.58. The first-order chi connectivity index (χ1) is 12.0. The van der Waals surface area contributed by atoms with Crippen molar-refractivity contribution in [3.63, 3.8) is 0 Å². The Hall–Kier alpha value is -2.79. The number of benzene rings is 2. The molecule has 25 heavy (non-hydrogen) atoms. The van der Waals surface area contributed by atoms with Crippen molar-refractivity contribution in [2.75, 3.05) is 7.11 Å². The van der Waals surface area contributed by atoms with Crippen LogP contribution in [0.1, 0.15) is 22.8 Å². The molecule has 1 aliphatic heterocycles. The number of esters is 1. The number of ether oxygens (including phenoxy) is 3. The van der Waals surface area contributed by atoms with Crippen molar-refractivity contribution in [2.24, 2.45) is 0 Å². The molecule has 1 heterocycles. The van der Waals surface area contributed by atoms with Crippen LogP contribution < -0.4 is 9.47 Å². The predicted octanol–water partition coefficient (Wildman–Crippen LogP) is 3.90. The van der Waals surface area contributed by atoms with Gasteiger partial charge in [-0.2, -0.15) is 0 Å². The van der Waals surface area contributed by atoms with Crippen molar-refractivity contribution >= 4 is 29.4 Å². The average molecular weight is 359 g/mol. The molecule has 128 valence electrons. The van der Waals surface area contributed by atoms with E-state index in [9.17, 15) is 9.59 Å². The van der Waals surface area contributed by atoms with Crippen LogP contribution in [0.5, 0.6) is 11.5 Å². The molecule has 0 aromatic heterocycles. The number of methoxy groups -OCH3 is 1. The summed E-state index contributed by atoms with van der Waals surface area (Å²) in [5, 5.41) is 0.574. The second-order valence-electron chi connectivity index (χ2n) is 5.44. The second kappa shape index (κ2) is 6.99. The second-order valence-corrected chi connectivity index (χ2v) is 5.87. The molecular formula is C19H15ClO5. The summed E-state index contributed by atoms with van der Waals surface area (Å²) in [6, 6.07) is 11.9. The fourth-order valence-electron chi connectivity index (χ4n) is 2.41. The maximum Gasteiger partial charge on any atom is 0.346 e. The summed E-state index contributed by atoms with van der Waals surface area (Å²) in [7, 11) is 1.29. The van der Waals surface area contributed by atoms with Crippen LogP contribution in [-0.2, 0) is 9.53 Å². The number of ketones is 1. The maximum atomic E-state index is 12.4. The molecule has 2 aromatic carbocycles. The summed E-state index contributed by atoms with van der Waals surface area (Å²) in [5.74, 6) is 0.290. The van der Waals surface area contributed by atoms with Gasteiger partial charge in [0.25, 0.3) is 0 Å². The maximum absolute atomic E-state index is 12.4. The van der Waals surface area contributed by atoms with Gasteiger partial charge in [0.2, 0.25) is 5.78 Å². The van der Waals surface area contributed by atoms with Gasteiger partial charge in [0.1, 0.15) is 11.5 Å². The number of fused-ring (bicyclic) bond motifs is 1. The monoisotopic (exact) mass is 358 g/mol. The molecule has 0 saturated carbocycles. The van der Waals surface area contributed by atoms with E-state index in [0.29, 0.717) is 22.1 Å². The van der Waals surface area contributed by atoms with E-state index < -0.39 is 12.1 Å². The van der Waals surface area contributed by atoms with Crippen LogP contribution in [0.3, 0.4) is 0 Å². The number of allylic oxidation sites excluding steroid dienone is 1. The van der Waals surface area contributed by atoms with Gasteiger partial charge in [-0.3, -0.25) is 4.79 Å². The number of carbonyl (C=O) groups excluding carboxylic acids is 2. The van der Waals surface area contributed by atoms with Gasteiger partial charge in [0, 0.05) is 11.1 Å². The van der Waals surface area contributed by atoms with E-state index in [2.05, 4.69) is 4.74 Å². The lowest BCUT2D eigenvalue weighted by Crippen LogP contribution is -2.24. The number of hydrogen-bond acceptors (Lipinski definition) is 5. The van der Waals surface area contributed by atoms with Crippen molar-refractivity contribution in [1.29, 1.82) is 0 Å². The smallest absolute Gasteiger partial charge is 0.346 e. The van der Waals surface area contributed by atoms with Crippen LogP contribution in [0.15, 0.2) is 48.2 Å². The van der Waals surface area contributed by atoms with Crippen molar-refractivity contribution in [1.82, 2.24) is 0 Å². The van der Waals surface area contributed by atoms with Gasteiger partial charge in [-0.1, -0.05) is 23.7 Å². The lowest BCUT2D eigenvalue weighted by Gasteiger charge is -2.12. The zero-order valence-electron chi connectivity index (χ0n) is 13.6. The van der Waals surface area contributed by atoms with Gasteiger partial charge >= 0.3 is 5.97 Å². The summed E-state index contributed by atoms with van der Waals surface area (Å²) in [4.78, 5) is 23.9. The molecule has 5 nitrogen and oxygen atoms in total. The fourth-order valence-corrected chi connectivity index (χ4v) is 2.61. The molecule has 1 unspecified atom stereocenters. The Kier molecular flexibility index (Phi) is 4.76. The van der Waals surface area contributed by atoms with E-state index in [-0.39, 0.29) is 11.5 Å². The third kappa shape index (κ3) is 3.67. The van der Waals surface area contributed by atoms with E-state index in [0.717, 1.165) is 5.56 Å². The number of carbonyl (C=O) groups is 2. The van der Waals surface area contributed by atoms with Crippen LogP contribution in [0.25, 0.3) is 6.08 Å². The first-order valence-corrected chi connectivity index (χ1v) is 7.94. The highest BCUT2D eigenvalue weighted by molar-refractivity contribution is 6.30. The van der Waals surface area contributed by atoms with Crippen molar-refractivity contribution in [2.45, 2.75) is 13.0 Å². The van der Waals surface area contributed by atoms with Gasteiger partial charge in [-0.05, 0) is 42.8 Å². The number of rotatable bonds is 4. The molecule has 2 aromatic rings. The standard InChI is InChI=1S/C19H15ClO5/c1-11(19(22)23-2)24-14-6-7-15-16(10-14)25-17(18(15)21)9-12-4-3-5-13(20)8-12/h3-11H,1-2H3. The number of halogens is 1. The van der Waals surface area contributed by atoms with Gasteiger partial charge < -0.3 is 14.2 Å². The lowest BCUT2D eigenvalue weighted by molar-refractivity contribution is -0.147. The first kappa shape index (κ1) is 17.0. The van der Waals surface area contributed by atoms with Gasteiger partial charge in [0.15, 0.2) is 11.9 Å². The van der Waals surface area contributed by atoms with Crippen molar-refractivity contribution in [3.8, 4) is 11.5 Å². The molecular weight excluding hydrogens is 344 g/mol. The molecule has 0 amide bonds. The zero-order valence-corrected chi connectivity index (χ0v) is 14.4. The lowest BCUT2D eigenvalue weighted by atomic mass is 10.1. The molecule has 0 radical (unpaired) electrons. The highest BCUT2D eigenvalue weighted by Crippen LogP contribution is 2.35. The number of Topliss-reactive ketones (excluding diaryl/α,β-unsaturated/α-hetero) is 1. The van der Waals surface area contributed by atoms with Gasteiger partial charge in [-0.15, -0.1) is 0 Å². The van der Waals surface area contributed by atoms with E-state index in [1.54, 1.807) is 49.4 Å². The van der Waals surface area contributed by atoms with Crippen molar-refractivity contribution in [3.05, 3.63) is 64.4 Å². The first-order valence-electron chi connectivity index (χ1n) is 7.56. The van der Waals surface area contributed by atoms with Crippen LogP contribution in [-0.4, -0.2) is 25.0 Å². The Morgan fingerprint density at radius 1 is 1.24 bits per heavy atom. The van der Waals surface area contributed by atoms with Crippen LogP contribution in [0.4, 0.5) is 0 Å². The molecule has 0 spiro atoms. The zero-order chi connectivity index (χ0) is 18.0. The minimum Gasteiger partial charge on any atom is -0.479 e. The Morgan fingerprint density at radius 3 is 2.76 bits per heavy atom. The van der Waals surface area contributed by atoms with Crippen LogP contribution >= 0.6 is 11.6 Å². The normalized spacial score (nSPS) is 15.5. The van der Waals surface area contributed by atoms with Crippen molar-refractivity contribution < 1.29 is 23.8 Å². The molecule has 1 atom stereocenters. The summed E-state index contributed by atoms with van der Waals surface area (Å²) in [6.07, 6.45) is 0.868. The topological polar surface area (TPSA) is 61.8 Å². The molecule has 0 fully saturated rings.